The van der Waals surface area contributed by atoms with Gasteiger partial charge in [0.05, 0.1) is 0 Å². The molecule has 0 aliphatic heterocycles. The maximum Gasteiger partial charge on any atom is 0.342 e. The Morgan fingerprint density at radius 2 is 2.33 bits per heavy atom. The van der Waals surface area contributed by atoms with E-state index in [2.05, 4.69) is 20.3 Å². The van der Waals surface area contributed by atoms with Crippen LogP contribution in [0.1, 0.15) is 11.7 Å². The summed E-state index contributed by atoms with van der Waals surface area (Å²) in [5, 5.41) is 8.59. The van der Waals surface area contributed by atoms with E-state index >= 15 is 0 Å². The number of aromatic nitrogens is 5. The zero-order chi connectivity index (χ0) is 10.8. The molecule has 2 aromatic heterocycles. The van der Waals surface area contributed by atoms with Crippen molar-refractivity contribution in [3.63, 3.8) is 0 Å². The minimum atomic E-state index is -0.267. The van der Waals surface area contributed by atoms with Gasteiger partial charge in [-0.1, -0.05) is 5.16 Å². The number of H-pyrrole nitrogens is 2. The number of hydrogen-bond acceptors (Lipinski definition) is 5. The van der Waals surface area contributed by atoms with Gasteiger partial charge in [-0.2, -0.15) is 4.98 Å². The van der Waals surface area contributed by atoms with Crippen molar-refractivity contribution in [1.82, 2.24) is 24.9 Å². The Balaban J connectivity index is 2.11. The van der Waals surface area contributed by atoms with Crippen molar-refractivity contribution in [2.45, 2.75) is 19.9 Å². The fraction of sp³-hybridized carbons (Fsp3) is 0.429. The standard InChI is InChI=1S/C7H9N5O2S/c1-4-8-5(14-11-4)2-3-12-6(13)9-10-7(12)15/h2-3H2,1H3,(H,9,13)(H,10,15). The average Bonchev–Trinajstić information content (AvgIpc) is 2.73. The van der Waals surface area contributed by atoms with Crippen LogP contribution in [-0.2, 0) is 13.0 Å². The van der Waals surface area contributed by atoms with Gasteiger partial charge in [0.1, 0.15) is 0 Å². The molecule has 2 rings (SSSR count). The van der Waals surface area contributed by atoms with Crippen LogP contribution in [0.25, 0.3) is 0 Å². The third kappa shape index (κ3) is 2.04. The number of aromatic amines is 2. The first-order valence-corrected chi connectivity index (χ1v) is 4.74. The summed E-state index contributed by atoms with van der Waals surface area (Å²) in [5.74, 6) is 1.08. The molecule has 80 valence electrons. The van der Waals surface area contributed by atoms with Gasteiger partial charge < -0.3 is 4.52 Å². The molecule has 0 saturated heterocycles. The van der Waals surface area contributed by atoms with E-state index in [1.165, 1.54) is 4.57 Å². The third-order valence-corrected chi connectivity index (χ3v) is 2.21. The Kier molecular flexibility index (Phi) is 2.50. The van der Waals surface area contributed by atoms with Gasteiger partial charge >= 0.3 is 5.69 Å². The van der Waals surface area contributed by atoms with E-state index in [1.54, 1.807) is 6.92 Å². The molecule has 0 atom stereocenters. The first kappa shape index (κ1) is 9.84. The molecule has 2 N–H and O–H groups in total. The Labute approximate surface area is 89.1 Å². The normalized spacial score (nSPS) is 10.7. The van der Waals surface area contributed by atoms with Crippen LogP contribution in [0.4, 0.5) is 0 Å². The average molecular weight is 227 g/mol. The quantitative estimate of drug-likeness (QED) is 0.729. The van der Waals surface area contributed by atoms with E-state index in [0.29, 0.717) is 29.5 Å². The van der Waals surface area contributed by atoms with Gasteiger partial charge in [-0.3, -0.25) is 9.67 Å². The van der Waals surface area contributed by atoms with Gasteiger partial charge in [-0.25, -0.2) is 9.89 Å². The molecule has 0 aliphatic rings. The molecule has 0 aromatic carbocycles. The van der Waals surface area contributed by atoms with Crippen LogP contribution in [0.3, 0.4) is 0 Å². The van der Waals surface area contributed by atoms with E-state index in [9.17, 15) is 4.79 Å². The van der Waals surface area contributed by atoms with Crippen molar-refractivity contribution in [1.29, 1.82) is 0 Å². The molecule has 2 aromatic rings. The Morgan fingerprint density at radius 3 is 2.87 bits per heavy atom. The highest BCUT2D eigenvalue weighted by Crippen LogP contribution is 1.98. The minimum Gasteiger partial charge on any atom is -0.339 e. The molecule has 7 nitrogen and oxygen atoms in total. The zero-order valence-corrected chi connectivity index (χ0v) is 8.80. The van der Waals surface area contributed by atoms with Crippen LogP contribution in [0.15, 0.2) is 9.32 Å². The van der Waals surface area contributed by atoms with Gasteiger partial charge in [0.25, 0.3) is 0 Å². The second-order valence-electron chi connectivity index (χ2n) is 3.00. The van der Waals surface area contributed by atoms with Crippen molar-refractivity contribution in [3.05, 3.63) is 27.0 Å². The molecule has 0 fully saturated rings. The van der Waals surface area contributed by atoms with Crippen LogP contribution in [0.2, 0.25) is 0 Å². The highest BCUT2D eigenvalue weighted by molar-refractivity contribution is 7.71. The summed E-state index contributed by atoms with van der Waals surface area (Å²) in [5.41, 5.74) is -0.267. The molecule has 0 unspecified atom stereocenters. The van der Waals surface area contributed by atoms with Crippen molar-refractivity contribution in [2.24, 2.45) is 0 Å². The van der Waals surface area contributed by atoms with Crippen LogP contribution in [0.5, 0.6) is 0 Å². The molecular weight excluding hydrogens is 218 g/mol. The fourth-order valence-electron chi connectivity index (χ4n) is 1.19. The summed E-state index contributed by atoms with van der Waals surface area (Å²) in [7, 11) is 0. The van der Waals surface area contributed by atoms with E-state index in [0.717, 1.165) is 0 Å². The fourth-order valence-corrected chi connectivity index (χ4v) is 1.41. The lowest BCUT2D eigenvalue weighted by Crippen LogP contribution is -2.18. The van der Waals surface area contributed by atoms with Crippen molar-refractivity contribution in [3.8, 4) is 0 Å². The first-order valence-electron chi connectivity index (χ1n) is 4.33. The lowest BCUT2D eigenvalue weighted by Gasteiger charge is -1.95. The number of aryl methyl sites for hydroxylation is 2. The summed E-state index contributed by atoms with van der Waals surface area (Å²) in [6.45, 7) is 2.15. The van der Waals surface area contributed by atoms with E-state index < -0.39 is 0 Å². The topological polar surface area (TPSA) is 92.5 Å². The second kappa shape index (κ2) is 3.81. The molecule has 15 heavy (non-hydrogen) atoms. The highest BCUT2D eigenvalue weighted by Gasteiger charge is 2.05. The predicted molar refractivity (Wildman–Crippen MR) is 53.0 cm³/mol. The first-order chi connectivity index (χ1) is 7.16. The number of rotatable bonds is 3. The Morgan fingerprint density at radius 1 is 1.53 bits per heavy atom. The van der Waals surface area contributed by atoms with Crippen molar-refractivity contribution >= 4 is 12.2 Å². The number of hydrogen-bond donors (Lipinski definition) is 2. The number of nitrogens with one attached hydrogen (secondary N) is 2. The molecule has 0 saturated carbocycles. The minimum absolute atomic E-state index is 0.267. The lowest BCUT2D eigenvalue weighted by atomic mass is 10.4. The van der Waals surface area contributed by atoms with Crippen LogP contribution < -0.4 is 5.69 Å². The van der Waals surface area contributed by atoms with E-state index in [1.807, 2.05) is 0 Å². The number of nitrogens with zero attached hydrogens (tertiary/aromatic N) is 3. The predicted octanol–water partition coefficient (Wildman–Crippen LogP) is 0.168. The summed E-state index contributed by atoms with van der Waals surface area (Å²) >= 11 is 4.90. The van der Waals surface area contributed by atoms with Gasteiger partial charge in [0.15, 0.2) is 10.6 Å². The maximum absolute atomic E-state index is 11.2. The largest absolute Gasteiger partial charge is 0.342 e. The molecule has 8 heteroatoms. The summed E-state index contributed by atoms with van der Waals surface area (Å²) in [6, 6.07) is 0. The zero-order valence-electron chi connectivity index (χ0n) is 7.98. The SMILES string of the molecule is Cc1noc(CCn2c(=O)[nH][nH]c2=S)n1. The second-order valence-corrected chi connectivity index (χ2v) is 3.38. The molecule has 2 heterocycles. The van der Waals surface area contributed by atoms with Crippen LogP contribution in [-0.4, -0.2) is 24.9 Å². The monoisotopic (exact) mass is 227 g/mol. The smallest absolute Gasteiger partial charge is 0.339 e. The van der Waals surface area contributed by atoms with Crippen LogP contribution >= 0.6 is 12.2 Å². The Hall–Kier alpha value is -1.70. The highest BCUT2D eigenvalue weighted by atomic mass is 32.1. The molecule has 0 spiro atoms. The van der Waals surface area contributed by atoms with Gasteiger partial charge in [-0.15, -0.1) is 0 Å². The molecule has 0 amide bonds. The molecule has 0 bridgehead atoms. The third-order valence-electron chi connectivity index (χ3n) is 1.89. The van der Waals surface area contributed by atoms with Gasteiger partial charge in [0, 0.05) is 13.0 Å². The molecule has 0 aliphatic carbocycles. The summed E-state index contributed by atoms with van der Waals surface area (Å²) in [6.07, 6.45) is 0.482. The summed E-state index contributed by atoms with van der Waals surface area (Å²) < 4.78 is 6.67. The Bertz CT molecular complexity index is 535. The van der Waals surface area contributed by atoms with E-state index in [4.69, 9.17) is 16.7 Å². The van der Waals surface area contributed by atoms with Crippen molar-refractivity contribution in [2.75, 3.05) is 0 Å². The van der Waals surface area contributed by atoms with Gasteiger partial charge in [0.2, 0.25) is 5.89 Å². The van der Waals surface area contributed by atoms with Crippen molar-refractivity contribution < 1.29 is 4.52 Å². The summed E-state index contributed by atoms with van der Waals surface area (Å²) in [4.78, 5) is 15.2. The van der Waals surface area contributed by atoms with Crippen LogP contribution in [0, 0.1) is 11.7 Å². The maximum atomic E-state index is 11.2. The molecular formula is C7H9N5O2S. The van der Waals surface area contributed by atoms with Gasteiger partial charge in [-0.05, 0) is 19.1 Å². The van der Waals surface area contributed by atoms with E-state index in [-0.39, 0.29) is 5.69 Å². The molecule has 0 radical (unpaired) electrons. The lowest BCUT2D eigenvalue weighted by molar-refractivity contribution is 0.367.